The molecule has 0 radical (unpaired) electrons. The largest absolute Gasteiger partial charge is 0.489 e. The second kappa shape index (κ2) is 4.88. The fourth-order valence-electron chi connectivity index (χ4n) is 1.44. The molecule has 0 fully saturated rings. The van der Waals surface area contributed by atoms with Gasteiger partial charge in [0.2, 0.25) is 0 Å². The molecule has 1 heterocycles. The highest BCUT2D eigenvalue weighted by Gasteiger charge is 2.15. The fourth-order valence-corrected chi connectivity index (χ4v) is 1.44. The fraction of sp³-hybridized carbons (Fsp3) is 0.167. The molecule has 1 amide bonds. The highest BCUT2D eigenvalue weighted by Crippen LogP contribution is 2.21. The molecule has 0 atom stereocenters. The third-order valence-corrected chi connectivity index (χ3v) is 2.42. The minimum Gasteiger partial charge on any atom is -0.489 e. The smallest absolute Gasteiger partial charge is 0.277 e. The van der Waals surface area contributed by atoms with Gasteiger partial charge in [-0.25, -0.2) is 9.38 Å². The van der Waals surface area contributed by atoms with Gasteiger partial charge in [0.1, 0.15) is 12.4 Å². The van der Waals surface area contributed by atoms with Crippen molar-refractivity contribution in [2.45, 2.75) is 0 Å². The zero-order valence-electron chi connectivity index (χ0n) is 9.02. The van der Waals surface area contributed by atoms with Gasteiger partial charge in [-0.3, -0.25) is 4.79 Å². The summed E-state index contributed by atoms with van der Waals surface area (Å²) in [5, 5.41) is 0. The molecule has 1 aliphatic rings. The number of halogens is 1. The summed E-state index contributed by atoms with van der Waals surface area (Å²) in [5.74, 6) is 0.301. The monoisotopic (exact) mass is 234 g/mol. The summed E-state index contributed by atoms with van der Waals surface area (Å²) < 4.78 is 17.6. The first-order chi connectivity index (χ1) is 8.24. The number of fused-ring (bicyclic) bond motifs is 1. The summed E-state index contributed by atoms with van der Waals surface area (Å²) in [7, 11) is 0. The molecule has 0 saturated heterocycles. The Morgan fingerprint density at radius 2 is 2.35 bits per heavy atom. The van der Waals surface area contributed by atoms with Crippen LogP contribution in [0.4, 0.5) is 4.39 Å². The van der Waals surface area contributed by atoms with Crippen molar-refractivity contribution in [2.75, 3.05) is 13.2 Å². The quantitative estimate of drug-likeness (QED) is 0.857. The maximum atomic E-state index is 12.2. The van der Waals surface area contributed by atoms with Crippen LogP contribution in [0, 0.1) is 0 Å². The Labute approximate surface area is 97.6 Å². The lowest BCUT2D eigenvalue weighted by atomic mass is 10.1. The Kier molecular flexibility index (Phi) is 3.30. The molecular weight excluding hydrogens is 223 g/mol. The van der Waals surface area contributed by atoms with Crippen molar-refractivity contribution in [3.8, 4) is 5.75 Å². The standard InChI is InChI=1S/C12H11FN2O2/c13-4-8(5-14)7-17-10-1-2-11-9(3-10)6-15-12(11)16/h1-4,6H,5,7,14H2/b8-4-. The van der Waals surface area contributed by atoms with E-state index < -0.39 is 0 Å². The highest BCUT2D eigenvalue weighted by atomic mass is 19.1. The number of carbonyl (C=O) groups is 1. The van der Waals surface area contributed by atoms with E-state index in [0.29, 0.717) is 28.8 Å². The van der Waals surface area contributed by atoms with Crippen LogP contribution in [0.2, 0.25) is 0 Å². The normalized spacial score (nSPS) is 14.0. The molecule has 2 N–H and O–H groups in total. The summed E-state index contributed by atoms with van der Waals surface area (Å²) in [6.45, 7) is 0.207. The van der Waals surface area contributed by atoms with Crippen molar-refractivity contribution in [1.82, 2.24) is 0 Å². The van der Waals surface area contributed by atoms with E-state index in [4.69, 9.17) is 10.5 Å². The second-order valence-corrected chi connectivity index (χ2v) is 3.57. The van der Waals surface area contributed by atoms with Crippen LogP contribution in [0.3, 0.4) is 0 Å². The molecule has 1 aliphatic heterocycles. The maximum Gasteiger partial charge on any atom is 0.277 e. The molecule has 5 heteroatoms. The number of ether oxygens (including phenoxy) is 1. The predicted octanol–water partition coefficient (Wildman–Crippen LogP) is 1.45. The molecule has 0 aliphatic carbocycles. The topological polar surface area (TPSA) is 64.7 Å². The zero-order chi connectivity index (χ0) is 12.3. The summed E-state index contributed by atoms with van der Waals surface area (Å²) in [6.07, 6.45) is 1.93. The molecule has 88 valence electrons. The average molecular weight is 234 g/mol. The second-order valence-electron chi connectivity index (χ2n) is 3.57. The number of hydrogen-bond donors (Lipinski definition) is 1. The summed E-state index contributed by atoms with van der Waals surface area (Å²) in [4.78, 5) is 14.9. The molecule has 1 aromatic carbocycles. The predicted molar refractivity (Wildman–Crippen MR) is 62.1 cm³/mol. The highest BCUT2D eigenvalue weighted by molar-refractivity contribution is 6.13. The van der Waals surface area contributed by atoms with Gasteiger partial charge in [-0.1, -0.05) is 0 Å². The SMILES string of the molecule is NC/C(=C/F)COc1ccc2c(c1)C=NC2=O. The number of nitrogens with two attached hydrogens (primary N) is 1. The zero-order valence-corrected chi connectivity index (χ0v) is 9.02. The van der Waals surface area contributed by atoms with Crippen molar-refractivity contribution in [3.05, 3.63) is 41.2 Å². The van der Waals surface area contributed by atoms with E-state index in [1.54, 1.807) is 18.2 Å². The maximum absolute atomic E-state index is 12.2. The van der Waals surface area contributed by atoms with Crippen LogP contribution < -0.4 is 10.5 Å². The van der Waals surface area contributed by atoms with Gasteiger partial charge >= 0.3 is 0 Å². The lowest BCUT2D eigenvalue weighted by molar-refractivity contribution is 0.101. The number of carbonyl (C=O) groups excluding carboxylic acids is 1. The number of aliphatic imine (C=N–C) groups is 1. The molecule has 0 unspecified atom stereocenters. The van der Waals surface area contributed by atoms with E-state index in [1.807, 2.05) is 0 Å². The third kappa shape index (κ3) is 2.39. The van der Waals surface area contributed by atoms with Crippen molar-refractivity contribution < 1.29 is 13.9 Å². The van der Waals surface area contributed by atoms with Gasteiger partial charge in [-0.05, 0) is 18.2 Å². The summed E-state index contributed by atoms with van der Waals surface area (Å²) >= 11 is 0. The average Bonchev–Trinajstić information content (AvgIpc) is 2.72. The van der Waals surface area contributed by atoms with Crippen molar-refractivity contribution >= 4 is 12.1 Å². The number of nitrogens with zero attached hydrogens (tertiary/aromatic N) is 1. The first kappa shape index (κ1) is 11.5. The third-order valence-electron chi connectivity index (χ3n) is 2.42. The van der Waals surface area contributed by atoms with Crippen LogP contribution in [-0.2, 0) is 0 Å². The molecular formula is C12H11FN2O2. The van der Waals surface area contributed by atoms with Crippen LogP contribution >= 0.6 is 0 Å². The Morgan fingerprint density at radius 1 is 1.53 bits per heavy atom. The Hall–Kier alpha value is -2.01. The van der Waals surface area contributed by atoms with Gasteiger partial charge in [0.15, 0.2) is 0 Å². The molecule has 0 bridgehead atoms. The minimum absolute atomic E-state index is 0.0941. The number of hydrogen-bond acceptors (Lipinski definition) is 3. The molecule has 4 nitrogen and oxygen atoms in total. The first-order valence-corrected chi connectivity index (χ1v) is 5.08. The van der Waals surface area contributed by atoms with E-state index in [2.05, 4.69) is 4.99 Å². The van der Waals surface area contributed by atoms with Crippen molar-refractivity contribution in [3.63, 3.8) is 0 Å². The molecule has 17 heavy (non-hydrogen) atoms. The van der Waals surface area contributed by atoms with Gasteiger partial charge in [0.05, 0.1) is 11.9 Å². The minimum atomic E-state index is -0.252. The van der Waals surface area contributed by atoms with Crippen LogP contribution in [0.5, 0.6) is 5.75 Å². The van der Waals surface area contributed by atoms with Gasteiger partial charge in [-0.15, -0.1) is 0 Å². The number of amides is 1. The van der Waals surface area contributed by atoms with Crippen LogP contribution in [0.15, 0.2) is 35.1 Å². The van der Waals surface area contributed by atoms with Crippen LogP contribution in [-0.4, -0.2) is 25.3 Å². The molecule has 1 aromatic rings. The first-order valence-electron chi connectivity index (χ1n) is 5.08. The Morgan fingerprint density at radius 3 is 3.06 bits per heavy atom. The van der Waals surface area contributed by atoms with Crippen LogP contribution in [0.1, 0.15) is 15.9 Å². The molecule has 2 rings (SSSR count). The van der Waals surface area contributed by atoms with Gasteiger partial charge in [0.25, 0.3) is 5.91 Å². The summed E-state index contributed by atoms with van der Waals surface area (Å²) in [6, 6.07) is 4.98. The van der Waals surface area contributed by atoms with Crippen molar-refractivity contribution in [1.29, 1.82) is 0 Å². The van der Waals surface area contributed by atoms with E-state index >= 15 is 0 Å². The van der Waals surface area contributed by atoms with E-state index in [-0.39, 0.29) is 19.1 Å². The van der Waals surface area contributed by atoms with E-state index in [9.17, 15) is 9.18 Å². The van der Waals surface area contributed by atoms with E-state index in [0.717, 1.165) is 0 Å². The Bertz CT molecular complexity index is 509. The van der Waals surface area contributed by atoms with Crippen molar-refractivity contribution in [2.24, 2.45) is 10.7 Å². The molecule has 0 aromatic heterocycles. The molecule has 0 saturated carbocycles. The number of rotatable bonds is 4. The van der Waals surface area contributed by atoms with Crippen LogP contribution in [0.25, 0.3) is 0 Å². The van der Waals surface area contributed by atoms with Gasteiger partial charge in [-0.2, -0.15) is 0 Å². The molecule has 0 spiro atoms. The van der Waals surface area contributed by atoms with E-state index in [1.165, 1.54) is 6.21 Å². The number of benzene rings is 1. The Balaban J connectivity index is 2.09. The van der Waals surface area contributed by atoms with Gasteiger partial charge in [0, 0.05) is 23.9 Å². The van der Waals surface area contributed by atoms with Gasteiger partial charge < -0.3 is 10.5 Å². The summed E-state index contributed by atoms with van der Waals surface area (Å²) in [5.41, 5.74) is 6.94. The lowest BCUT2D eigenvalue weighted by Crippen LogP contribution is -2.10. The lowest BCUT2D eigenvalue weighted by Gasteiger charge is -2.07.